The van der Waals surface area contributed by atoms with E-state index in [1.807, 2.05) is 0 Å². The number of halogens is 1. The van der Waals surface area contributed by atoms with Crippen LogP contribution in [0.2, 0.25) is 0 Å². The van der Waals surface area contributed by atoms with Gasteiger partial charge in [0.05, 0.1) is 19.4 Å². The summed E-state index contributed by atoms with van der Waals surface area (Å²) in [6.07, 6.45) is 3.07. The lowest BCUT2D eigenvalue weighted by Crippen LogP contribution is -2.08. The van der Waals surface area contributed by atoms with E-state index in [1.165, 1.54) is 0 Å². The van der Waals surface area contributed by atoms with E-state index in [4.69, 9.17) is 10.5 Å². The highest BCUT2D eigenvalue weighted by Gasteiger charge is 2.16. The molecule has 0 spiro atoms. The molecule has 3 N–H and O–H groups in total. The third-order valence-corrected chi connectivity index (χ3v) is 2.53. The van der Waals surface area contributed by atoms with E-state index in [2.05, 4.69) is 20.9 Å². The van der Waals surface area contributed by atoms with Gasteiger partial charge in [-0.3, -0.25) is 4.98 Å². The van der Waals surface area contributed by atoms with Crippen LogP contribution >= 0.6 is 15.9 Å². The van der Waals surface area contributed by atoms with Gasteiger partial charge in [0.2, 0.25) is 0 Å². The van der Waals surface area contributed by atoms with Crippen molar-refractivity contribution in [1.29, 1.82) is 0 Å². The number of rotatable bonds is 4. The molecule has 0 saturated heterocycles. The third-order valence-electron chi connectivity index (χ3n) is 1.90. The van der Waals surface area contributed by atoms with Crippen molar-refractivity contribution in [3.05, 3.63) is 22.4 Å². The lowest BCUT2D eigenvalue weighted by molar-refractivity contribution is 0.165. The van der Waals surface area contributed by atoms with Crippen molar-refractivity contribution in [2.45, 2.75) is 12.5 Å². The number of hydrogen-bond acceptors (Lipinski definition) is 4. The number of methoxy groups -OCH3 is 1. The summed E-state index contributed by atoms with van der Waals surface area (Å²) in [6, 6.07) is 0. The summed E-state index contributed by atoms with van der Waals surface area (Å²) in [5.74, 6) is 0.570. The Kier molecular flexibility index (Phi) is 4.31. The van der Waals surface area contributed by atoms with Crippen LogP contribution in [0.5, 0.6) is 5.75 Å². The fourth-order valence-electron chi connectivity index (χ4n) is 1.22. The summed E-state index contributed by atoms with van der Waals surface area (Å²) in [4.78, 5) is 3.94. The Bertz CT molecular complexity index is 307. The molecule has 0 fully saturated rings. The van der Waals surface area contributed by atoms with Gasteiger partial charge in [0.25, 0.3) is 0 Å². The molecule has 1 aromatic heterocycles. The zero-order chi connectivity index (χ0) is 10.6. The normalized spacial score (nSPS) is 12.6. The van der Waals surface area contributed by atoms with E-state index in [-0.39, 0.29) is 0 Å². The van der Waals surface area contributed by atoms with Crippen molar-refractivity contribution in [3.8, 4) is 5.75 Å². The van der Waals surface area contributed by atoms with E-state index in [9.17, 15) is 5.11 Å². The van der Waals surface area contributed by atoms with Crippen LogP contribution in [0.3, 0.4) is 0 Å². The summed E-state index contributed by atoms with van der Waals surface area (Å²) < 4.78 is 5.83. The fourth-order valence-corrected chi connectivity index (χ4v) is 1.79. The number of nitrogens with two attached hydrogens (primary N) is 1. The van der Waals surface area contributed by atoms with E-state index >= 15 is 0 Å². The molecule has 14 heavy (non-hydrogen) atoms. The van der Waals surface area contributed by atoms with Gasteiger partial charge < -0.3 is 15.6 Å². The van der Waals surface area contributed by atoms with Gasteiger partial charge in [-0.15, -0.1) is 0 Å². The molecule has 1 rings (SSSR count). The molecular formula is C9H13BrN2O2. The third kappa shape index (κ3) is 2.43. The first-order valence-electron chi connectivity index (χ1n) is 4.26. The van der Waals surface area contributed by atoms with Gasteiger partial charge in [-0.05, 0) is 28.9 Å². The van der Waals surface area contributed by atoms with Crippen molar-refractivity contribution in [1.82, 2.24) is 4.98 Å². The van der Waals surface area contributed by atoms with Gasteiger partial charge in [-0.2, -0.15) is 0 Å². The summed E-state index contributed by atoms with van der Waals surface area (Å²) in [5.41, 5.74) is 6.08. The standard InChI is InChI=1S/C9H13BrN2O2/c1-14-8-5-12-4-6(10)9(8)7(13)2-3-11/h4-5,7,13H,2-3,11H2,1H3/t7-/m0/s1. The maximum atomic E-state index is 9.80. The molecule has 78 valence electrons. The smallest absolute Gasteiger partial charge is 0.144 e. The minimum atomic E-state index is -0.618. The van der Waals surface area contributed by atoms with Crippen molar-refractivity contribution >= 4 is 15.9 Å². The van der Waals surface area contributed by atoms with Gasteiger partial charge in [0.1, 0.15) is 5.75 Å². The number of ether oxygens (including phenoxy) is 1. The number of hydrogen-bond donors (Lipinski definition) is 2. The second-order valence-electron chi connectivity index (χ2n) is 2.83. The molecule has 0 aliphatic rings. The highest BCUT2D eigenvalue weighted by atomic mass is 79.9. The zero-order valence-electron chi connectivity index (χ0n) is 7.90. The molecule has 1 aromatic rings. The van der Waals surface area contributed by atoms with Crippen molar-refractivity contribution < 1.29 is 9.84 Å². The minimum Gasteiger partial charge on any atom is -0.495 e. The van der Waals surface area contributed by atoms with Crippen LogP contribution in [-0.4, -0.2) is 23.7 Å². The van der Waals surface area contributed by atoms with Crippen LogP contribution in [0, 0.1) is 0 Å². The summed E-state index contributed by atoms with van der Waals surface area (Å²) in [5, 5.41) is 9.80. The Morgan fingerprint density at radius 2 is 2.36 bits per heavy atom. The van der Waals surface area contributed by atoms with Crippen LogP contribution in [0.1, 0.15) is 18.1 Å². The quantitative estimate of drug-likeness (QED) is 0.855. The number of aromatic nitrogens is 1. The van der Waals surface area contributed by atoms with Gasteiger partial charge in [0, 0.05) is 16.2 Å². The van der Waals surface area contributed by atoms with Crippen LogP contribution in [0.25, 0.3) is 0 Å². The second kappa shape index (κ2) is 5.29. The van der Waals surface area contributed by atoms with E-state index in [1.54, 1.807) is 19.5 Å². The highest BCUT2D eigenvalue weighted by Crippen LogP contribution is 2.32. The van der Waals surface area contributed by atoms with E-state index in [0.717, 1.165) is 4.47 Å². The average Bonchev–Trinajstić information content (AvgIpc) is 2.17. The summed E-state index contributed by atoms with van der Waals surface area (Å²) in [6.45, 7) is 0.430. The molecule has 0 aromatic carbocycles. The molecule has 0 unspecified atom stereocenters. The lowest BCUT2D eigenvalue weighted by Gasteiger charge is -2.14. The predicted octanol–water partition coefficient (Wildman–Crippen LogP) is 1.23. The van der Waals surface area contributed by atoms with Crippen LogP contribution < -0.4 is 10.5 Å². The second-order valence-corrected chi connectivity index (χ2v) is 3.68. The molecule has 0 aliphatic carbocycles. The van der Waals surface area contributed by atoms with Crippen molar-refractivity contribution in [3.63, 3.8) is 0 Å². The first-order valence-corrected chi connectivity index (χ1v) is 5.05. The monoisotopic (exact) mass is 260 g/mol. The van der Waals surface area contributed by atoms with Gasteiger partial charge >= 0.3 is 0 Å². The molecule has 0 radical (unpaired) electrons. The van der Waals surface area contributed by atoms with Crippen LogP contribution in [0.15, 0.2) is 16.9 Å². The Balaban J connectivity index is 3.03. The predicted molar refractivity (Wildman–Crippen MR) is 57.1 cm³/mol. The minimum absolute atomic E-state index is 0.430. The maximum Gasteiger partial charge on any atom is 0.144 e. The number of pyridine rings is 1. The molecule has 1 atom stereocenters. The van der Waals surface area contributed by atoms with Crippen LogP contribution in [-0.2, 0) is 0 Å². The van der Waals surface area contributed by atoms with E-state index in [0.29, 0.717) is 24.3 Å². The summed E-state index contributed by atoms with van der Waals surface area (Å²) >= 11 is 3.32. The van der Waals surface area contributed by atoms with Gasteiger partial charge in [-0.25, -0.2) is 0 Å². The first kappa shape index (κ1) is 11.4. The van der Waals surface area contributed by atoms with Crippen molar-refractivity contribution in [2.75, 3.05) is 13.7 Å². The molecule has 1 heterocycles. The molecule has 0 saturated carbocycles. The molecule has 0 amide bonds. The Labute approximate surface area is 91.2 Å². The highest BCUT2D eigenvalue weighted by molar-refractivity contribution is 9.10. The SMILES string of the molecule is COc1cncc(Br)c1[C@@H](O)CCN. The largest absolute Gasteiger partial charge is 0.495 e. The molecule has 4 nitrogen and oxygen atoms in total. The zero-order valence-corrected chi connectivity index (χ0v) is 9.49. The topological polar surface area (TPSA) is 68.4 Å². The molecule has 0 bridgehead atoms. The van der Waals surface area contributed by atoms with E-state index < -0.39 is 6.10 Å². The van der Waals surface area contributed by atoms with Gasteiger partial charge in [0.15, 0.2) is 0 Å². The fraction of sp³-hybridized carbons (Fsp3) is 0.444. The Morgan fingerprint density at radius 1 is 1.64 bits per heavy atom. The molecular weight excluding hydrogens is 248 g/mol. The lowest BCUT2D eigenvalue weighted by atomic mass is 10.1. The number of aliphatic hydroxyl groups is 1. The Morgan fingerprint density at radius 3 is 2.93 bits per heavy atom. The first-order chi connectivity index (χ1) is 6.70. The van der Waals surface area contributed by atoms with Crippen LogP contribution in [0.4, 0.5) is 0 Å². The summed E-state index contributed by atoms with van der Waals surface area (Å²) in [7, 11) is 1.54. The number of aliphatic hydroxyl groups excluding tert-OH is 1. The molecule has 5 heteroatoms. The molecule has 0 aliphatic heterocycles. The Hall–Kier alpha value is -0.650. The average molecular weight is 261 g/mol. The van der Waals surface area contributed by atoms with Crippen molar-refractivity contribution in [2.24, 2.45) is 5.73 Å². The van der Waals surface area contributed by atoms with Gasteiger partial charge in [-0.1, -0.05) is 0 Å². The number of nitrogens with zero attached hydrogens (tertiary/aromatic N) is 1. The maximum absolute atomic E-state index is 9.80.